The van der Waals surface area contributed by atoms with E-state index < -0.39 is 11.7 Å². The number of halogens is 3. The third-order valence-electron chi connectivity index (χ3n) is 3.39. The molecule has 1 aromatic carbocycles. The van der Waals surface area contributed by atoms with E-state index in [1.54, 1.807) is 63.0 Å². The van der Waals surface area contributed by atoms with Crippen LogP contribution in [-0.2, 0) is 18.3 Å². The maximum atomic E-state index is 12.6. The molecular formula is C19H21Cl3N4O2. The fourth-order valence-electron chi connectivity index (χ4n) is 2.11. The van der Waals surface area contributed by atoms with Crippen LogP contribution < -0.4 is 0 Å². The quantitative estimate of drug-likeness (QED) is 0.537. The van der Waals surface area contributed by atoms with Crippen LogP contribution in [0.4, 0.5) is 10.6 Å². The largest absolute Gasteiger partial charge is 0.443 e. The summed E-state index contributed by atoms with van der Waals surface area (Å²) in [5, 5.41) is 5.16. The maximum absolute atomic E-state index is 12.6. The highest BCUT2D eigenvalue weighted by molar-refractivity contribution is 6.68. The Bertz CT molecular complexity index is 901. The lowest BCUT2D eigenvalue weighted by Gasteiger charge is -2.25. The Morgan fingerprint density at radius 2 is 2.04 bits per heavy atom. The number of ether oxygens (including phenoxy) is 1. The Hall–Kier alpha value is -2.02. The fraction of sp³-hybridized carbons (Fsp3) is 0.316. The Labute approximate surface area is 179 Å². The first-order chi connectivity index (χ1) is 13.0. The topological polar surface area (TPSA) is 59.7 Å². The van der Waals surface area contributed by atoms with E-state index in [0.29, 0.717) is 21.4 Å². The number of nitrogens with zero attached hydrogens (tertiary/aromatic N) is 4. The molecule has 0 radical (unpaired) electrons. The van der Waals surface area contributed by atoms with Gasteiger partial charge in [-0.3, -0.25) is 9.58 Å². The zero-order chi connectivity index (χ0) is 20.9. The molecule has 2 rings (SSSR count). The second kappa shape index (κ2) is 9.45. The molecule has 0 spiro atoms. The Kier molecular flexibility index (Phi) is 7.52. The van der Waals surface area contributed by atoms with Crippen molar-refractivity contribution in [1.82, 2.24) is 14.7 Å². The molecule has 1 amide bonds. The van der Waals surface area contributed by atoms with E-state index in [-0.39, 0.29) is 11.7 Å². The minimum atomic E-state index is -0.653. The summed E-state index contributed by atoms with van der Waals surface area (Å²) in [6, 6.07) is 6.79. The predicted octanol–water partition coefficient (Wildman–Crippen LogP) is 5.95. The zero-order valence-electron chi connectivity index (χ0n) is 16.0. The summed E-state index contributed by atoms with van der Waals surface area (Å²) in [5.41, 5.74) is 0.0563. The van der Waals surface area contributed by atoms with Gasteiger partial charge in [-0.25, -0.2) is 9.79 Å². The number of carbonyl (C=O) groups is 1. The van der Waals surface area contributed by atoms with E-state index in [1.165, 1.54) is 17.2 Å². The Morgan fingerprint density at radius 1 is 1.32 bits per heavy atom. The molecule has 0 N–H and O–H groups in total. The lowest BCUT2D eigenvalue weighted by Crippen LogP contribution is -2.33. The van der Waals surface area contributed by atoms with Crippen molar-refractivity contribution < 1.29 is 9.53 Å². The van der Waals surface area contributed by atoms with E-state index in [4.69, 9.17) is 39.5 Å². The van der Waals surface area contributed by atoms with Gasteiger partial charge in [-0.05, 0) is 44.5 Å². The van der Waals surface area contributed by atoms with Gasteiger partial charge >= 0.3 is 6.09 Å². The van der Waals surface area contributed by atoms with Crippen LogP contribution in [-0.4, -0.2) is 31.5 Å². The molecule has 28 heavy (non-hydrogen) atoms. The Balaban J connectivity index is 2.25. The number of carbonyl (C=O) groups excluding carboxylic acids is 1. The lowest BCUT2D eigenvalue weighted by atomic mass is 10.2. The number of aromatic nitrogens is 2. The minimum Gasteiger partial charge on any atom is -0.443 e. The summed E-state index contributed by atoms with van der Waals surface area (Å²) in [6.45, 7) is 5.55. The van der Waals surface area contributed by atoms with Crippen LogP contribution >= 0.6 is 34.8 Å². The average molecular weight is 444 g/mol. The van der Waals surface area contributed by atoms with E-state index in [9.17, 15) is 4.79 Å². The van der Waals surface area contributed by atoms with Gasteiger partial charge in [0.1, 0.15) is 10.8 Å². The molecule has 0 atom stereocenters. The van der Waals surface area contributed by atoms with E-state index in [1.807, 2.05) is 0 Å². The first kappa shape index (κ1) is 22.3. The number of hydrogen-bond acceptors (Lipinski definition) is 4. The number of rotatable bonds is 5. The van der Waals surface area contributed by atoms with Crippen LogP contribution in [0.3, 0.4) is 0 Å². The molecule has 0 aliphatic carbocycles. The fourth-order valence-corrected chi connectivity index (χ4v) is 2.72. The summed E-state index contributed by atoms with van der Waals surface area (Å²) in [7, 11) is 1.75. The highest BCUT2D eigenvalue weighted by Gasteiger charge is 2.21. The van der Waals surface area contributed by atoms with Crippen LogP contribution in [0.15, 0.2) is 47.7 Å². The van der Waals surface area contributed by atoms with Gasteiger partial charge in [0, 0.05) is 29.4 Å². The van der Waals surface area contributed by atoms with Crippen molar-refractivity contribution in [1.29, 1.82) is 0 Å². The van der Waals surface area contributed by atoms with Crippen molar-refractivity contribution in [2.24, 2.45) is 12.0 Å². The van der Waals surface area contributed by atoms with Crippen molar-refractivity contribution >= 4 is 51.9 Å². The highest BCUT2D eigenvalue weighted by atomic mass is 35.5. The van der Waals surface area contributed by atoms with Gasteiger partial charge < -0.3 is 4.74 Å². The van der Waals surface area contributed by atoms with Crippen LogP contribution in [0.2, 0.25) is 10.0 Å². The molecule has 6 nitrogen and oxygen atoms in total. The minimum absolute atomic E-state index is 0.178. The van der Waals surface area contributed by atoms with Gasteiger partial charge in [-0.1, -0.05) is 40.9 Å². The summed E-state index contributed by atoms with van der Waals surface area (Å²) in [5.74, 6) is 0.583. The van der Waals surface area contributed by atoms with Crippen molar-refractivity contribution in [2.45, 2.75) is 32.9 Å². The average Bonchev–Trinajstić information content (AvgIpc) is 2.96. The van der Waals surface area contributed by atoms with Crippen LogP contribution in [0.5, 0.6) is 0 Å². The number of allylic oxidation sites excluding steroid dienone is 1. The lowest BCUT2D eigenvalue weighted by molar-refractivity contribution is 0.0323. The second-order valence-corrected chi connectivity index (χ2v) is 8.14. The van der Waals surface area contributed by atoms with Gasteiger partial charge in [0.2, 0.25) is 0 Å². The zero-order valence-corrected chi connectivity index (χ0v) is 18.3. The molecule has 0 saturated carbocycles. The number of aliphatic imine (C=N–C) groups is 1. The molecule has 2 aromatic rings. The smallest absolute Gasteiger partial charge is 0.414 e. The van der Waals surface area contributed by atoms with Gasteiger partial charge in [0.25, 0.3) is 0 Å². The summed E-state index contributed by atoms with van der Waals surface area (Å²) in [6.07, 6.45) is 4.07. The third kappa shape index (κ3) is 6.86. The van der Waals surface area contributed by atoms with Crippen molar-refractivity contribution in [3.8, 4) is 0 Å². The molecule has 0 aliphatic rings. The third-order valence-corrected chi connectivity index (χ3v) is 4.19. The van der Waals surface area contributed by atoms with Crippen LogP contribution in [0, 0.1) is 0 Å². The number of aryl methyl sites for hydroxylation is 1. The molecule has 0 unspecified atom stereocenters. The first-order valence-electron chi connectivity index (χ1n) is 8.39. The molecule has 9 heteroatoms. The molecule has 1 heterocycles. The van der Waals surface area contributed by atoms with E-state index in [0.717, 1.165) is 0 Å². The molecular weight excluding hydrogens is 423 g/mol. The maximum Gasteiger partial charge on any atom is 0.414 e. The number of benzene rings is 1. The van der Waals surface area contributed by atoms with Gasteiger partial charge in [0.15, 0.2) is 5.82 Å². The molecule has 0 saturated heterocycles. The van der Waals surface area contributed by atoms with Gasteiger partial charge in [0.05, 0.1) is 12.7 Å². The normalized spacial score (nSPS) is 12.5. The SMILES string of the molecule is Cn1nccc1N=C(Cl)/C=C/N(Cc1ccc(Cl)cc1Cl)C(=O)OC(C)(C)C. The molecule has 0 bridgehead atoms. The number of hydrogen-bond donors (Lipinski definition) is 0. The van der Waals surface area contributed by atoms with E-state index in [2.05, 4.69) is 10.1 Å². The van der Waals surface area contributed by atoms with Crippen molar-refractivity contribution in [3.63, 3.8) is 0 Å². The molecule has 0 aliphatic heterocycles. The van der Waals surface area contributed by atoms with E-state index >= 15 is 0 Å². The second-order valence-electron chi connectivity index (χ2n) is 6.91. The van der Waals surface area contributed by atoms with Crippen molar-refractivity contribution in [3.05, 3.63) is 58.3 Å². The summed E-state index contributed by atoms with van der Waals surface area (Å²) >= 11 is 18.4. The summed E-state index contributed by atoms with van der Waals surface area (Å²) in [4.78, 5) is 18.2. The molecule has 150 valence electrons. The van der Waals surface area contributed by atoms with Gasteiger partial charge in [-0.2, -0.15) is 5.10 Å². The predicted molar refractivity (Wildman–Crippen MR) is 114 cm³/mol. The highest BCUT2D eigenvalue weighted by Crippen LogP contribution is 2.23. The molecule has 1 aromatic heterocycles. The van der Waals surface area contributed by atoms with Crippen molar-refractivity contribution in [2.75, 3.05) is 0 Å². The van der Waals surface area contributed by atoms with Crippen LogP contribution in [0.1, 0.15) is 26.3 Å². The monoisotopic (exact) mass is 442 g/mol. The molecule has 0 fully saturated rings. The first-order valence-corrected chi connectivity index (χ1v) is 9.52. The number of amides is 1. The standard InChI is InChI=1S/C19H21Cl3N4O2/c1-19(2,3)28-18(27)26(12-13-5-6-14(20)11-15(13)21)10-8-16(22)24-17-7-9-23-25(17)4/h5-11H,12H2,1-4H3/b10-8+,24-16?. The Morgan fingerprint density at radius 3 is 2.61 bits per heavy atom. The van der Waals surface area contributed by atoms with Gasteiger partial charge in [-0.15, -0.1) is 0 Å². The summed E-state index contributed by atoms with van der Waals surface area (Å²) < 4.78 is 7.04. The van der Waals surface area contributed by atoms with Crippen LogP contribution in [0.25, 0.3) is 0 Å².